The Hall–Kier alpha value is -2.40. The number of H-pyrrole nitrogens is 1. The summed E-state index contributed by atoms with van der Waals surface area (Å²) >= 11 is 0. The first kappa shape index (κ1) is 17.0. The Bertz CT molecular complexity index is 1010. The van der Waals surface area contributed by atoms with Gasteiger partial charge in [-0.2, -0.15) is 0 Å². The van der Waals surface area contributed by atoms with Gasteiger partial charge in [0.25, 0.3) is 5.56 Å². The molecule has 0 unspecified atom stereocenters. The molecule has 1 aromatic carbocycles. The molecule has 1 aliphatic heterocycles. The summed E-state index contributed by atoms with van der Waals surface area (Å²) in [6.07, 6.45) is 0.822. The van der Waals surface area contributed by atoms with E-state index in [1.54, 1.807) is 4.52 Å². The summed E-state index contributed by atoms with van der Waals surface area (Å²) in [5.41, 5.74) is 6.07. The van der Waals surface area contributed by atoms with Crippen molar-refractivity contribution < 1.29 is 0 Å². The van der Waals surface area contributed by atoms with Crippen LogP contribution in [0.15, 0.2) is 35.1 Å². The van der Waals surface area contributed by atoms with Gasteiger partial charge in [0.1, 0.15) is 0 Å². The van der Waals surface area contributed by atoms with E-state index >= 15 is 0 Å². The maximum absolute atomic E-state index is 13.0. The molecular weight excluding hydrogens is 324 g/mol. The molecular formula is C21H26N4O. The van der Waals surface area contributed by atoms with Crippen LogP contribution in [0.4, 0.5) is 0 Å². The van der Waals surface area contributed by atoms with Crippen molar-refractivity contribution in [3.8, 4) is 0 Å². The highest BCUT2D eigenvalue weighted by Gasteiger charge is 2.24. The summed E-state index contributed by atoms with van der Waals surface area (Å²) in [6.45, 7) is 10.9. The van der Waals surface area contributed by atoms with Gasteiger partial charge in [0.2, 0.25) is 0 Å². The van der Waals surface area contributed by atoms with Crippen LogP contribution in [0.1, 0.15) is 48.8 Å². The van der Waals surface area contributed by atoms with Crippen LogP contribution in [0.25, 0.3) is 5.65 Å². The normalized spacial score (nSPS) is 15.4. The molecule has 0 radical (unpaired) electrons. The summed E-state index contributed by atoms with van der Waals surface area (Å²) in [6, 6.07) is 10.6. The topological polar surface area (TPSA) is 53.4 Å². The maximum atomic E-state index is 13.0. The number of aromatic nitrogens is 3. The molecule has 3 aromatic rings. The van der Waals surface area contributed by atoms with E-state index < -0.39 is 0 Å². The summed E-state index contributed by atoms with van der Waals surface area (Å²) in [7, 11) is 0. The van der Waals surface area contributed by atoms with E-state index in [9.17, 15) is 4.79 Å². The van der Waals surface area contributed by atoms with E-state index in [1.165, 1.54) is 11.1 Å². The second-order valence-corrected chi connectivity index (χ2v) is 8.40. The van der Waals surface area contributed by atoms with Crippen molar-refractivity contribution in [3.05, 3.63) is 68.8 Å². The zero-order valence-electron chi connectivity index (χ0n) is 16.0. The summed E-state index contributed by atoms with van der Waals surface area (Å²) < 4.78 is 1.61. The van der Waals surface area contributed by atoms with Crippen LogP contribution in [-0.4, -0.2) is 26.0 Å². The number of aromatic amines is 1. The van der Waals surface area contributed by atoms with Gasteiger partial charge in [-0.05, 0) is 12.5 Å². The fourth-order valence-electron chi connectivity index (χ4n) is 3.51. The zero-order valence-corrected chi connectivity index (χ0v) is 16.0. The van der Waals surface area contributed by atoms with E-state index in [1.807, 2.05) is 6.07 Å². The van der Waals surface area contributed by atoms with Gasteiger partial charge in [0.05, 0.1) is 11.3 Å². The Morgan fingerprint density at radius 3 is 2.62 bits per heavy atom. The summed E-state index contributed by atoms with van der Waals surface area (Å²) in [5, 5.41) is 3.25. The molecule has 1 aliphatic rings. The molecule has 2 aromatic heterocycles. The van der Waals surface area contributed by atoms with Crippen molar-refractivity contribution in [3.63, 3.8) is 0 Å². The highest BCUT2D eigenvalue weighted by molar-refractivity contribution is 5.43. The molecule has 4 rings (SSSR count). The van der Waals surface area contributed by atoms with Gasteiger partial charge in [-0.1, -0.05) is 50.6 Å². The zero-order chi connectivity index (χ0) is 18.5. The molecule has 5 nitrogen and oxygen atoms in total. The number of fused-ring (bicyclic) bond motifs is 2. The lowest BCUT2D eigenvalue weighted by Gasteiger charge is -2.27. The van der Waals surface area contributed by atoms with Crippen molar-refractivity contribution in [2.24, 2.45) is 0 Å². The molecule has 3 heterocycles. The number of hydrogen-bond acceptors (Lipinski definition) is 3. The van der Waals surface area contributed by atoms with Crippen LogP contribution in [0.3, 0.4) is 0 Å². The Morgan fingerprint density at radius 2 is 1.92 bits per heavy atom. The average molecular weight is 350 g/mol. The van der Waals surface area contributed by atoms with Crippen LogP contribution < -0.4 is 5.56 Å². The number of hydrogen-bond donors (Lipinski definition) is 1. The highest BCUT2D eigenvalue weighted by atomic mass is 16.1. The van der Waals surface area contributed by atoms with Gasteiger partial charge >= 0.3 is 0 Å². The molecule has 0 bridgehead atoms. The largest absolute Gasteiger partial charge is 0.294 e. The first-order chi connectivity index (χ1) is 12.3. The number of benzene rings is 1. The molecule has 5 heteroatoms. The lowest BCUT2D eigenvalue weighted by atomic mass is 9.93. The first-order valence-corrected chi connectivity index (χ1v) is 9.23. The smallest absolute Gasteiger partial charge is 0.277 e. The number of rotatable bonds is 2. The first-order valence-electron chi connectivity index (χ1n) is 9.23. The molecule has 0 aliphatic carbocycles. The molecule has 0 amide bonds. The second-order valence-electron chi connectivity index (χ2n) is 8.40. The second kappa shape index (κ2) is 6.09. The fourth-order valence-corrected chi connectivity index (χ4v) is 3.51. The predicted molar refractivity (Wildman–Crippen MR) is 104 cm³/mol. The van der Waals surface area contributed by atoms with Crippen LogP contribution in [0, 0.1) is 6.92 Å². The third kappa shape index (κ3) is 3.07. The van der Waals surface area contributed by atoms with E-state index in [0.29, 0.717) is 6.54 Å². The van der Waals surface area contributed by atoms with Crippen LogP contribution in [0.2, 0.25) is 0 Å². The molecule has 0 saturated carbocycles. The van der Waals surface area contributed by atoms with Crippen LogP contribution in [0.5, 0.6) is 0 Å². The molecule has 0 spiro atoms. The Kier molecular flexibility index (Phi) is 3.99. The molecule has 0 atom stereocenters. The number of nitrogens with zero attached hydrogens (tertiary/aromatic N) is 3. The average Bonchev–Trinajstić information content (AvgIpc) is 3.02. The fraction of sp³-hybridized carbons (Fsp3) is 0.429. The minimum Gasteiger partial charge on any atom is -0.294 e. The molecule has 26 heavy (non-hydrogen) atoms. The van der Waals surface area contributed by atoms with Gasteiger partial charge in [0, 0.05) is 43.2 Å². The molecule has 1 N–H and O–H groups in total. The molecule has 136 valence electrons. The van der Waals surface area contributed by atoms with Crippen molar-refractivity contribution >= 4 is 5.65 Å². The van der Waals surface area contributed by atoms with E-state index in [4.69, 9.17) is 4.98 Å². The number of aryl methyl sites for hydroxylation is 1. The quantitative estimate of drug-likeness (QED) is 0.772. The van der Waals surface area contributed by atoms with Crippen molar-refractivity contribution in [1.29, 1.82) is 0 Å². The predicted octanol–water partition coefficient (Wildman–Crippen LogP) is 3.19. The lowest BCUT2D eigenvalue weighted by Crippen LogP contribution is -2.36. The minimum absolute atomic E-state index is 0.0362. The maximum Gasteiger partial charge on any atom is 0.277 e. The standard InChI is InChI=1S/C21H26N4O/c1-14-5-7-15(8-6-14)12-24-10-9-17-16(13-24)20(26)25-19(22-17)11-18(23-25)21(2,3)4/h5-8,11,23H,9-10,12-13H2,1-4H3. The number of nitrogens with one attached hydrogen (secondary N) is 1. The van der Waals surface area contributed by atoms with Gasteiger partial charge in [0.15, 0.2) is 5.65 Å². The monoisotopic (exact) mass is 350 g/mol. The minimum atomic E-state index is -0.0435. The van der Waals surface area contributed by atoms with Gasteiger partial charge in [-0.25, -0.2) is 9.50 Å². The van der Waals surface area contributed by atoms with Crippen molar-refractivity contribution in [2.75, 3.05) is 6.54 Å². The van der Waals surface area contributed by atoms with Crippen molar-refractivity contribution in [2.45, 2.75) is 52.6 Å². The van der Waals surface area contributed by atoms with E-state index in [-0.39, 0.29) is 11.0 Å². The van der Waals surface area contributed by atoms with E-state index in [0.717, 1.165) is 42.1 Å². The Balaban J connectivity index is 1.66. The van der Waals surface area contributed by atoms with Crippen LogP contribution in [-0.2, 0) is 24.9 Å². The third-order valence-corrected chi connectivity index (χ3v) is 5.18. The Morgan fingerprint density at radius 1 is 1.19 bits per heavy atom. The lowest BCUT2D eigenvalue weighted by molar-refractivity contribution is 0.241. The summed E-state index contributed by atoms with van der Waals surface area (Å²) in [5.74, 6) is 0. The van der Waals surface area contributed by atoms with Gasteiger partial charge in [-0.3, -0.25) is 14.8 Å². The highest BCUT2D eigenvalue weighted by Crippen LogP contribution is 2.23. The van der Waals surface area contributed by atoms with Gasteiger partial charge in [-0.15, -0.1) is 0 Å². The summed E-state index contributed by atoms with van der Waals surface area (Å²) in [4.78, 5) is 20.1. The van der Waals surface area contributed by atoms with E-state index in [2.05, 4.69) is 62.0 Å². The SMILES string of the molecule is Cc1ccc(CN2CCc3nc4cc(C(C)(C)C)[nH]n4c(=O)c3C2)cc1. The van der Waals surface area contributed by atoms with Crippen LogP contribution >= 0.6 is 0 Å². The van der Waals surface area contributed by atoms with Gasteiger partial charge < -0.3 is 0 Å². The molecule has 0 saturated heterocycles. The third-order valence-electron chi connectivity index (χ3n) is 5.18. The Labute approximate surface area is 153 Å². The molecule has 0 fully saturated rings. The van der Waals surface area contributed by atoms with Crippen molar-refractivity contribution in [1.82, 2.24) is 19.5 Å².